The second kappa shape index (κ2) is 6.34. The van der Waals surface area contributed by atoms with Gasteiger partial charge in [0.15, 0.2) is 0 Å². The van der Waals surface area contributed by atoms with Crippen molar-refractivity contribution in [1.82, 2.24) is 20.1 Å². The number of nitrogens with one attached hydrogen (secondary N) is 1. The summed E-state index contributed by atoms with van der Waals surface area (Å²) < 4.78 is 1.83. The van der Waals surface area contributed by atoms with Crippen molar-refractivity contribution < 1.29 is 4.79 Å². The summed E-state index contributed by atoms with van der Waals surface area (Å²) in [4.78, 5) is 11.6. The van der Waals surface area contributed by atoms with E-state index in [1.807, 2.05) is 25.5 Å². The van der Waals surface area contributed by atoms with Crippen molar-refractivity contribution in [3.05, 3.63) is 12.2 Å². The number of carbonyl (C=O) groups is 1. The number of carbonyl (C=O) groups excluding carboxylic acids is 1. The lowest BCUT2D eigenvalue weighted by Gasteiger charge is -2.13. The maximum atomic E-state index is 11.6. The van der Waals surface area contributed by atoms with Crippen molar-refractivity contribution >= 4 is 5.91 Å². The van der Waals surface area contributed by atoms with Gasteiger partial charge >= 0.3 is 0 Å². The number of hydrogen-bond acceptors (Lipinski definition) is 4. The molecule has 0 aliphatic heterocycles. The van der Waals surface area contributed by atoms with Crippen LogP contribution in [0.5, 0.6) is 0 Å². The van der Waals surface area contributed by atoms with Crippen LogP contribution in [0.2, 0.25) is 0 Å². The first-order chi connectivity index (χ1) is 8.00. The van der Waals surface area contributed by atoms with Crippen molar-refractivity contribution in [2.45, 2.75) is 32.7 Å². The van der Waals surface area contributed by atoms with Crippen LogP contribution in [0, 0.1) is 5.92 Å². The van der Waals surface area contributed by atoms with Gasteiger partial charge in [-0.05, 0) is 12.3 Å². The van der Waals surface area contributed by atoms with E-state index in [4.69, 9.17) is 5.73 Å². The zero-order valence-corrected chi connectivity index (χ0v) is 10.7. The molecule has 1 unspecified atom stereocenters. The summed E-state index contributed by atoms with van der Waals surface area (Å²) in [5, 5.41) is 10.5. The Balaban J connectivity index is 2.27. The quantitative estimate of drug-likeness (QED) is 0.722. The zero-order valence-electron chi connectivity index (χ0n) is 10.7. The third-order valence-electron chi connectivity index (χ3n) is 2.52. The Bertz CT molecular complexity index is 360. The number of nitrogens with two attached hydrogens (primary N) is 1. The summed E-state index contributed by atoms with van der Waals surface area (Å²) in [7, 11) is 1.88. The van der Waals surface area contributed by atoms with E-state index in [-0.39, 0.29) is 5.91 Å². The van der Waals surface area contributed by atoms with Crippen molar-refractivity contribution in [2.75, 3.05) is 6.54 Å². The number of rotatable bonds is 6. The van der Waals surface area contributed by atoms with E-state index < -0.39 is 6.04 Å². The molecule has 6 heteroatoms. The molecule has 1 aromatic rings. The lowest BCUT2D eigenvalue weighted by molar-refractivity contribution is -0.122. The fraction of sp³-hybridized carbons (Fsp3) is 0.727. The smallest absolute Gasteiger partial charge is 0.236 e. The molecule has 1 heterocycles. The Kier molecular flexibility index (Phi) is 5.09. The first-order valence-electron chi connectivity index (χ1n) is 5.87. The van der Waals surface area contributed by atoms with Crippen LogP contribution in [0.3, 0.4) is 0 Å². The number of amides is 1. The summed E-state index contributed by atoms with van der Waals surface area (Å²) in [5.74, 6) is 1.18. The van der Waals surface area contributed by atoms with Crippen LogP contribution in [-0.4, -0.2) is 33.3 Å². The van der Waals surface area contributed by atoms with E-state index in [1.165, 1.54) is 0 Å². The molecule has 1 rings (SSSR count). The van der Waals surface area contributed by atoms with Gasteiger partial charge in [-0.25, -0.2) is 0 Å². The van der Waals surface area contributed by atoms with Gasteiger partial charge in [0.2, 0.25) is 5.91 Å². The molecular weight excluding hydrogens is 218 g/mol. The van der Waals surface area contributed by atoms with Crippen LogP contribution in [0.4, 0.5) is 0 Å². The van der Waals surface area contributed by atoms with Gasteiger partial charge in [0.25, 0.3) is 0 Å². The molecule has 1 atom stereocenters. The summed E-state index contributed by atoms with van der Waals surface area (Å²) in [5.41, 5.74) is 5.76. The molecule has 0 bridgehead atoms. The number of hydrogen-bond donors (Lipinski definition) is 2. The minimum Gasteiger partial charge on any atom is -0.354 e. The molecule has 1 aromatic heterocycles. The zero-order chi connectivity index (χ0) is 12.8. The highest BCUT2D eigenvalue weighted by Gasteiger charge is 2.14. The van der Waals surface area contributed by atoms with Gasteiger partial charge in [-0.15, -0.1) is 10.2 Å². The highest BCUT2D eigenvalue weighted by Crippen LogP contribution is 2.02. The predicted octanol–water partition coefficient (Wildman–Crippen LogP) is -0.153. The van der Waals surface area contributed by atoms with Gasteiger partial charge < -0.3 is 15.6 Å². The summed E-state index contributed by atoms with van der Waals surface area (Å²) in [6.07, 6.45) is 3.01. The molecule has 0 spiro atoms. The van der Waals surface area contributed by atoms with Crippen LogP contribution < -0.4 is 11.1 Å². The lowest BCUT2D eigenvalue weighted by Crippen LogP contribution is -2.42. The second-order valence-electron chi connectivity index (χ2n) is 4.64. The third kappa shape index (κ3) is 4.52. The summed E-state index contributed by atoms with van der Waals surface area (Å²) >= 11 is 0. The molecule has 17 heavy (non-hydrogen) atoms. The molecule has 0 aromatic carbocycles. The standard InChI is InChI=1S/C11H21N5O/c1-8(2)6-9(12)11(17)13-5-4-10-15-14-7-16(10)3/h7-9H,4-6,12H2,1-3H3,(H,13,17). The second-order valence-corrected chi connectivity index (χ2v) is 4.64. The van der Waals surface area contributed by atoms with Crippen LogP contribution in [0.25, 0.3) is 0 Å². The summed E-state index contributed by atoms with van der Waals surface area (Å²) in [6, 6.07) is -0.422. The topological polar surface area (TPSA) is 85.8 Å². The van der Waals surface area contributed by atoms with Crippen molar-refractivity contribution in [2.24, 2.45) is 18.7 Å². The van der Waals surface area contributed by atoms with E-state index in [0.29, 0.717) is 25.3 Å². The Morgan fingerprint density at radius 1 is 1.59 bits per heavy atom. The molecule has 96 valence electrons. The molecule has 3 N–H and O–H groups in total. The largest absolute Gasteiger partial charge is 0.354 e. The van der Waals surface area contributed by atoms with E-state index in [9.17, 15) is 4.79 Å². The Labute approximate surface area is 102 Å². The fourth-order valence-corrected chi connectivity index (χ4v) is 1.58. The summed E-state index contributed by atoms with van der Waals surface area (Å²) in [6.45, 7) is 4.64. The highest BCUT2D eigenvalue weighted by molar-refractivity contribution is 5.81. The van der Waals surface area contributed by atoms with Gasteiger partial charge in [0, 0.05) is 20.0 Å². The Morgan fingerprint density at radius 2 is 2.29 bits per heavy atom. The van der Waals surface area contributed by atoms with Crippen molar-refractivity contribution in [3.63, 3.8) is 0 Å². The monoisotopic (exact) mass is 239 g/mol. The first kappa shape index (κ1) is 13.6. The van der Waals surface area contributed by atoms with Crippen LogP contribution >= 0.6 is 0 Å². The molecule has 0 saturated heterocycles. The average Bonchev–Trinajstić information content (AvgIpc) is 2.63. The number of aromatic nitrogens is 3. The van der Waals surface area contributed by atoms with Gasteiger partial charge in [-0.1, -0.05) is 13.8 Å². The molecule has 0 fully saturated rings. The van der Waals surface area contributed by atoms with Crippen LogP contribution in [0.1, 0.15) is 26.1 Å². The fourth-order valence-electron chi connectivity index (χ4n) is 1.58. The van der Waals surface area contributed by atoms with E-state index >= 15 is 0 Å². The molecule has 6 nitrogen and oxygen atoms in total. The van der Waals surface area contributed by atoms with Gasteiger partial charge in [-0.2, -0.15) is 0 Å². The maximum Gasteiger partial charge on any atom is 0.236 e. The average molecular weight is 239 g/mol. The highest BCUT2D eigenvalue weighted by atomic mass is 16.2. The lowest BCUT2D eigenvalue weighted by atomic mass is 10.0. The Hall–Kier alpha value is -1.43. The molecule has 0 radical (unpaired) electrons. The molecular formula is C11H21N5O. The third-order valence-corrected chi connectivity index (χ3v) is 2.52. The molecule has 0 aliphatic rings. The van der Waals surface area contributed by atoms with Crippen molar-refractivity contribution in [1.29, 1.82) is 0 Å². The molecule has 1 amide bonds. The van der Waals surface area contributed by atoms with Gasteiger partial charge in [0.05, 0.1) is 6.04 Å². The minimum atomic E-state index is -0.422. The van der Waals surface area contributed by atoms with Crippen LogP contribution in [0.15, 0.2) is 6.33 Å². The SMILES string of the molecule is CC(C)CC(N)C(=O)NCCc1nncn1C. The van der Waals surface area contributed by atoms with E-state index in [1.54, 1.807) is 6.33 Å². The molecule has 0 aliphatic carbocycles. The number of aryl methyl sites for hydroxylation is 1. The first-order valence-corrected chi connectivity index (χ1v) is 5.87. The number of nitrogens with zero attached hydrogens (tertiary/aromatic N) is 3. The maximum absolute atomic E-state index is 11.6. The van der Waals surface area contributed by atoms with Crippen LogP contribution in [-0.2, 0) is 18.3 Å². The van der Waals surface area contributed by atoms with Gasteiger partial charge in [0.1, 0.15) is 12.2 Å². The molecule has 0 saturated carbocycles. The predicted molar refractivity (Wildman–Crippen MR) is 65.1 cm³/mol. The van der Waals surface area contributed by atoms with Gasteiger partial charge in [-0.3, -0.25) is 4.79 Å². The normalized spacial score (nSPS) is 12.8. The van der Waals surface area contributed by atoms with E-state index in [2.05, 4.69) is 15.5 Å². The minimum absolute atomic E-state index is 0.0964. The van der Waals surface area contributed by atoms with E-state index in [0.717, 1.165) is 5.82 Å². The van der Waals surface area contributed by atoms with Crippen molar-refractivity contribution in [3.8, 4) is 0 Å². The Morgan fingerprint density at radius 3 is 2.82 bits per heavy atom.